The summed E-state index contributed by atoms with van der Waals surface area (Å²) in [4.78, 5) is 24.1. The van der Waals surface area contributed by atoms with Gasteiger partial charge in [0.2, 0.25) is 11.8 Å². The molecule has 0 aliphatic heterocycles. The molecule has 0 aliphatic rings. The first-order valence-electron chi connectivity index (χ1n) is 8.57. The van der Waals surface area contributed by atoms with Crippen LogP contribution in [0.25, 0.3) is 0 Å². The van der Waals surface area contributed by atoms with Crippen molar-refractivity contribution in [2.75, 3.05) is 6.54 Å². The van der Waals surface area contributed by atoms with Crippen LogP contribution in [0.4, 0.5) is 4.39 Å². The predicted molar refractivity (Wildman–Crippen MR) is 97.2 cm³/mol. The number of halogens is 1. The van der Waals surface area contributed by atoms with Crippen LogP contribution in [0.3, 0.4) is 0 Å². The highest BCUT2D eigenvalue weighted by Gasteiger charge is 2.23. The lowest BCUT2D eigenvalue weighted by molar-refractivity contribution is -0.127. The van der Waals surface area contributed by atoms with Crippen LogP contribution in [-0.2, 0) is 9.59 Å². The Kier molecular flexibility index (Phi) is 7.55. The maximum atomic E-state index is 13.2. The molecule has 2 amide bonds. The fourth-order valence-corrected chi connectivity index (χ4v) is 2.39. The average molecular weight is 351 g/mol. The molecule has 6 heteroatoms. The summed E-state index contributed by atoms with van der Waals surface area (Å²) in [6.45, 7) is 9.76. The van der Waals surface area contributed by atoms with Crippen molar-refractivity contribution >= 4 is 11.8 Å². The predicted octanol–water partition coefficient (Wildman–Crippen LogP) is 2.52. The third-order valence-electron chi connectivity index (χ3n) is 3.87. The summed E-state index contributed by atoms with van der Waals surface area (Å²) < 4.78 is 13.2. The zero-order chi connectivity index (χ0) is 19.2. The molecule has 1 aromatic carbocycles. The van der Waals surface area contributed by atoms with E-state index in [2.05, 4.69) is 31.4 Å². The normalized spacial score (nSPS) is 14.1. The number of nitrogens with one attached hydrogen (secondary N) is 2. The summed E-state index contributed by atoms with van der Waals surface area (Å²) in [5.74, 6) is -0.974. The number of nitrogens with two attached hydrogens (primary N) is 1. The van der Waals surface area contributed by atoms with Gasteiger partial charge in [0.05, 0.1) is 18.6 Å². The number of carbonyl (C=O) groups is 2. The number of hydrogen-bond donors (Lipinski definition) is 3. The molecule has 1 aromatic rings. The minimum absolute atomic E-state index is 0.00378. The van der Waals surface area contributed by atoms with E-state index in [0.717, 1.165) is 5.56 Å². The maximum absolute atomic E-state index is 13.2. The molecular formula is C19H30FN3O2. The lowest BCUT2D eigenvalue weighted by Crippen LogP contribution is -2.47. The monoisotopic (exact) mass is 351 g/mol. The smallest absolute Gasteiger partial charge is 0.239 e. The summed E-state index contributed by atoms with van der Waals surface area (Å²) in [6, 6.07) is 5.18. The Morgan fingerprint density at radius 3 is 2.20 bits per heavy atom. The number of carbonyl (C=O) groups excluding carboxylic acids is 2. The van der Waals surface area contributed by atoms with Gasteiger partial charge in [0, 0.05) is 0 Å². The summed E-state index contributed by atoms with van der Waals surface area (Å²) in [6.07, 6.45) is 0.684. The molecule has 0 aromatic heterocycles. The first-order chi connectivity index (χ1) is 11.5. The highest BCUT2D eigenvalue weighted by molar-refractivity contribution is 5.87. The van der Waals surface area contributed by atoms with Gasteiger partial charge in [-0.3, -0.25) is 9.59 Å². The zero-order valence-electron chi connectivity index (χ0n) is 15.7. The highest BCUT2D eigenvalue weighted by atomic mass is 19.1. The largest absolute Gasteiger partial charge is 0.348 e. The molecule has 25 heavy (non-hydrogen) atoms. The highest BCUT2D eigenvalue weighted by Crippen LogP contribution is 2.29. The van der Waals surface area contributed by atoms with E-state index >= 15 is 0 Å². The minimum Gasteiger partial charge on any atom is -0.348 e. The van der Waals surface area contributed by atoms with Crippen molar-refractivity contribution in [1.82, 2.24) is 10.6 Å². The van der Waals surface area contributed by atoms with Gasteiger partial charge in [0.15, 0.2) is 0 Å². The van der Waals surface area contributed by atoms with Crippen LogP contribution in [0.2, 0.25) is 0 Å². The molecular weight excluding hydrogens is 321 g/mol. The molecule has 1 unspecified atom stereocenters. The van der Waals surface area contributed by atoms with Gasteiger partial charge >= 0.3 is 0 Å². The zero-order valence-corrected chi connectivity index (χ0v) is 15.7. The third-order valence-corrected chi connectivity index (χ3v) is 3.87. The molecule has 0 fully saturated rings. The number of rotatable bonds is 7. The standard InChI is InChI=1S/C19H30FN3O2/c1-12(2)17(21)18(25)22-11-16(24)23-15(10-19(3,4)5)13-6-8-14(20)9-7-13/h6-9,12,15,17H,10-11,21H2,1-5H3,(H,22,25)(H,23,24)/t15?,17-/m0/s1. The van der Waals surface area contributed by atoms with Gasteiger partial charge in [-0.25, -0.2) is 4.39 Å². The van der Waals surface area contributed by atoms with E-state index in [9.17, 15) is 14.0 Å². The van der Waals surface area contributed by atoms with Crippen LogP contribution < -0.4 is 16.4 Å². The Bertz CT molecular complexity index is 579. The van der Waals surface area contributed by atoms with Crippen LogP contribution in [0.1, 0.15) is 52.6 Å². The molecule has 0 radical (unpaired) electrons. The fourth-order valence-electron chi connectivity index (χ4n) is 2.39. The van der Waals surface area contributed by atoms with Crippen LogP contribution in [0.15, 0.2) is 24.3 Å². The molecule has 0 saturated carbocycles. The van der Waals surface area contributed by atoms with Gasteiger partial charge in [-0.2, -0.15) is 0 Å². The molecule has 5 nitrogen and oxygen atoms in total. The number of amides is 2. The Hall–Kier alpha value is -1.95. The second kappa shape index (κ2) is 8.94. The van der Waals surface area contributed by atoms with Crippen LogP contribution in [-0.4, -0.2) is 24.4 Å². The van der Waals surface area contributed by atoms with Gasteiger partial charge in [-0.05, 0) is 35.4 Å². The van der Waals surface area contributed by atoms with Gasteiger partial charge < -0.3 is 16.4 Å². The molecule has 0 heterocycles. The Labute approximate surface area is 149 Å². The van der Waals surface area contributed by atoms with E-state index in [-0.39, 0.29) is 41.6 Å². The molecule has 0 spiro atoms. The topological polar surface area (TPSA) is 84.2 Å². The van der Waals surface area contributed by atoms with Crippen molar-refractivity contribution in [3.63, 3.8) is 0 Å². The molecule has 0 bridgehead atoms. The molecule has 2 atom stereocenters. The third kappa shape index (κ3) is 7.65. The van der Waals surface area contributed by atoms with E-state index < -0.39 is 6.04 Å². The Morgan fingerprint density at radius 1 is 1.16 bits per heavy atom. The van der Waals surface area contributed by atoms with Crippen molar-refractivity contribution in [3.05, 3.63) is 35.6 Å². The second-order valence-corrected chi connectivity index (χ2v) is 7.92. The molecule has 0 aliphatic carbocycles. The summed E-state index contributed by atoms with van der Waals surface area (Å²) in [7, 11) is 0. The minimum atomic E-state index is -0.643. The first-order valence-corrected chi connectivity index (χ1v) is 8.57. The quantitative estimate of drug-likeness (QED) is 0.706. The number of hydrogen-bond acceptors (Lipinski definition) is 3. The van der Waals surface area contributed by atoms with Gasteiger partial charge in [0.25, 0.3) is 0 Å². The maximum Gasteiger partial charge on any atom is 0.239 e. The van der Waals surface area contributed by atoms with Crippen molar-refractivity contribution in [2.45, 2.75) is 53.1 Å². The van der Waals surface area contributed by atoms with E-state index in [1.54, 1.807) is 12.1 Å². The van der Waals surface area contributed by atoms with Crippen LogP contribution >= 0.6 is 0 Å². The van der Waals surface area contributed by atoms with E-state index in [1.807, 2.05) is 13.8 Å². The molecule has 4 N–H and O–H groups in total. The van der Waals surface area contributed by atoms with Gasteiger partial charge in [-0.15, -0.1) is 0 Å². The Balaban J connectivity index is 2.72. The van der Waals surface area contributed by atoms with Gasteiger partial charge in [0.1, 0.15) is 5.82 Å². The van der Waals surface area contributed by atoms with Crippen molar-refractivity contribution in [1.29, 1.82) is 0 Å². The SMILES string of the molecule is CC(C)[C@H](N)C(=O)NCC(=O)NC(CC(C)(C)C)c1ccc(F)cc1. The lowest BCUT2D eigenvalue weighted by atomic mass is 9.85. The molecule has 1 rings (SSSR count). The number of benzene rings is 1. The van der Waals surface area contributed by atoms with E-state index in [1.165, 1.54) is 12.1 Å². The van der Waals surface area contributed by atoms with E-state index in [4.69, 9.17) is 5.73 Å². The molecule has 140 valence electrons. The lowest BCUT2D eigenvalue weighted by Gasteiger charge is -2.27. The first kappa shape index (κ1) is 21.1. The van der Waals surface area contributed by atoms with Crippen molar-refractivity contribution < 1.29 is 14.0 Å². The summed E-state index contributed by atoms with van der Waals surface area (Å²) >= 11 is 0. The summed E-state index contributed by atoms with van der Waals surface area (Å²) in [5.41, 5.74) is 6.55. The van der Waals surface area contributed by atoms with Crippen molar-refractivity contribution in [3.8, 4) is 0 Å². The van der Waals surface area contributed by atoms with Gasteiger partial charge in [-0.1, -0.05) is 46.8 Å². The Morgan fingerprint density at radius 2 is 1.72 bits per heavy atom. The van der Waals surface area contributed by atoms with Crippen LogP contribution in [0, 0.1) is 17.2 Å². The fraction of sp³-hybridized carbons (Fsp3) is 0.579. The van der Waals surface area contributed by atoms with Crippen LogP contribution in [0.5, 0.6) is 0 Å². The van der Waals surface area contributed by atoms with Crippen molar-refractivity contribution in [2.24, 2.45) is 17.1 Å². The molecule has 0 saturated heterocycles. The summed E-state index contributed by atoms with van der Waals surface area (Å²) in [5, 5.41) is 5.47. The second-order valence-electron chi connectivity index (χ2n) is 7.92. The average Bonchev–Trinajstić information content (AvgIpc) is 2.50. The van der Waals surface area contributed by atoms with E-state index in [0.29, 0.717) is 6.42 Å².